The van der Waals surface area contributed by atoms with E-state index < -0.39 is 153 Å². The number of carboxylic acids is 4. The van der Waals surface area contributed by atoms with Crippen molar-refractivity contribution in [1.29, 1.82) is 0 Å². The molecule has 0 aliphatic carbocycles. The van der Waals surface area contributed by atoms with E-state index in [-0.39, 0.29) is 12.0 Å². The molecule has 0 aliphatic rings. The summed E-state index contributed by atoms with van der Waals surface area (Å²) in [5.74, 6) is -11.8. The Kier molecular flexibility index (Phi) is 19.3. The molecule has 5 amide bonds. The molecule has 0 heterocycles. The zero-order chi connectivity index (χ0) is 43.8. The molecule has 0 unspecified atom stereocenters. The number of benzene rings is 1. The average Bonchev–Trinajstić information content (AvgIpc) is 3.10. The summed E-state index contributed by atoms with van der Waals surface area (Å²) in [5, 5.41) is 48.2. The molecule has 0 aromatic heterocycles. The van der Waals surface area contributed by atoms with Crippen LogP contribution in [0.25, 0.3) is 0 Å². The standard InChI is InChI=1S/C33H46F2N5O16P/c1-4-16(2)27(31(51)39-22(32(52)53)11-14-26(46)47)40-29(49)21(10-13-25(44)45)37-28(48)20(9-12-24(42)43)38-30(50)23(36-17(3)41)15-18-5-7-19(8-6-18)33(34,35)57(54,55)56/h5-8,16,20-23,27H,4,9-15H2,1-3H3,(H,36,41)(H,37,48)(H,38,50)(H,39,51)(H,40,49)(H,42,43)(H,44,45)(H,46,47)(H,52,53)(H2,54,55,56)/t16-,20-,21-,22-,23-,27-/m0/s1. The molecule has 0 saturated heterocycles. The van der Waals surface area contributed by atoms with Crippen molar-refractivity contribution in [1.82, 2.24) is 26.6 Å². The number of carbonyl (C=O) groups is 9. The second-order valence-corrected chi connectivity index (χ2v) is 14.6. The molecule has 21 nitrogen and oxygen atoms in total. The summed E-state index contributed by atoms with van der Waals surface area (Å²) in [5.41, 5.74) is -5.51. The Labute approximate surface area is 323 Å². The van der Waals surface area contributed by atoms with Gasteiger partial charge in [-0.1, -0.05) is 44.5 Å². The van der Waals surface area contributed by atoms with E-state index in [2.05, 4.69) is 26.6 Å². The molecule has 0 fully saturated rings. The maximum atomic E-state index is 14.1. The van der Waals surface area contributed by atoms with Gasteiger partial charge in [-0.2, -0.15) is 8.78 Å². The Hall–Kier alpha value is -5.54. The number of hydrogen-bond donors (Lipinski definition) is 11. The topological polar surface area (TPSA) is 352 Å². The second kappa shape index (κ2) is 22.3. The Bertz CT molecular complexity index is 1710. The highest BCUT2D eigenvalue weighted by Crippen LogP contribution is 2.59. The van der Waals surface area contributed by atoms with Crippen LogP contribution in [-0.2, 0) is 59.8 Å². The van der Waals surface area contributed by atoms with Gasteiger partial charge in [-0.25, -0.2) is 4.79 Å². The quantitative estimate of drug-likeness (QED) is 0.0559. The summed E-state index contributed by atoms with van der Waals surface area (Å²) in [6.07, 6.45) is -4.05. The number of amides is 5. The maximum absolute atomic E-state index is 14.1. The Morgan fingerprint density at radius 1 is 0.649 bits per heavy atom. The predicted octanol–water partition coefficient (Wildman–Crippen LogP) is -0.375. The number of carboxylic acid groups (broad SMARTS) is 4. The van der Waals surface area contributed by atoms with E-state index in [1.807, 2.05) is 0 Å². The predicted molar refractivity (Wildman–Crippen MR) is 189 cm³/mol. The minimum absolute atomic E-state index is 0.0857. The largest absolute Gasteiger partial charge is 0.481 e. The van der Waals surface area contributed by atoms with Crippen molar-refractivity contribution in [2.24, 2.45) is 5.92 Å². The van der Waals surface area contributed by atoms with Crippen molar-refractivity contribution in [3.63, 3.8) is 0 Å². The van der Waals surface area contributed by atoms with Crippen molar-refractivity contribution in [2.45, 2.75) is 108 Å². The highest BCUT2D eigenvalue weighted by Gasteiger charge is 2.50. The lowest BCUT2D eigenvalue weighted by atomic mass is 9.96. The lowest BCUT2D eigenvalue weighted by molar-refractivity contribution is -0.144. The molecule has 0 saturated carbocycles. The van der Waals surface area contributed by atoms with Gasteiger partial charge in [-0.3, -0.25) is 42.9 Å². The maximum Gasteiger partial charge on any atom is 0.399 e. The van der Waals surface area contributed by atoms with Gasteiger partial charge in [-0.05, 0) is 30.7 Å². The summed E-state index contributed by atoms with van der Waals surface area (Å²) in [7, 11) is -5.91. The van der Waals surface area contributed by atoms with E-state index in [1.165, 1.54) is 6.92 Å². The minimum Gasteiger partial charge on any atom is -0.481 e. The Balaban J connectivity index is 3.40. The summed E-state index contributed by atoms with van der Waals surface area (Å²) in [6, 6.07) is -4.89. The molecule has 0 spiro atoms. The Morgan fingerprint density at radius 2 is 1.05 bits per heavy atom. The van der Waals surface area contributed by atoms with Gasteiger partial charge >= 0.3 is 37.1 Å². The fraction of sp³-hybridized carbons (Fsp3) is 0.545. The van der Waals surface area contributed by atoms with Gasteiger partial charge in [0.25, 0.3) is 0 Å². The molecule has 0 aliphatic heterocycles. The van der Waals surface area contributed by atoms with E-state index in [4.69, 9.17) is 14.9 Å². The average molecular weight is 838 g/mol. The van der Waals surface area contributed by atoms with Crippen molar-refractivity contribution in [3.05, 3.63) is 35.4 Å². The van der Waals surface area contributed by atoms with Crippen LogP contribution in [0.2, 0.25) is 0 Å². The third kappa shape index (κ3) is 16.6. The van der Waals surface area contributed by atoms with Crippen LogP contribution in [0, 0.1) is 5.92 Å². The number of carbonyl (C=O) groups excluding carboxylic acids is 5. The fourth-order valence-corrected chi connectivity index (χ4v) is 5.55. The fourth-order valence-electron chi connectivity index (χ4n) is 5.06. The van der Waals surface area contributed by atoms with Crippen molar-refractivity contribution in [3.8, 4) is 0 Å². The van der Waals surface area contributed by atoms with Crippen LogP contribution >= 0.6 is 7.60 Å². The van der Waals surface area contributed by atoms with E-state index >= 15 is 0 Å². The minimum atomic E-state index is -5.91. The molecule has 318 valence electrons. The third-order valence-electron chi connectivity index (χ3n) is 8.42. The number of halogens is 2. The van der Waals surface area contributed by atoms with Crippen molar-refractivity contribution >= 4 is 61.0 Å². The zero-order valence-corrected chi connectivity index (χ0v) is 31.8. The number of alkyl halides is 2. The first-order valence-corrected chi connectivity index (χ1v) is 18.8. The molecule has 57 heavy (non-hydrogen) atoms. The summed E-state index contributed by atoms with van der Waals surface area (Å²) in [6.45, 7) is 4.12. The number of nitrogens with one attached hydrogen (secondary N) is 5. The number of hydrogen-bond acceptors (Lipinski definition) is 10. The molecule has 0 bridgehead atoms. The molecular formula is C33H46F2N5O16P. The normalized spacial score (nSPS) is 14.6. The van der Waals surface area contributed by atoms with Crippen LogP contribution in [0.3, 0.4) is 0 Å². The summed E-state index contributed by atoms with van der Waals surface area (Å²) in [4.78, 5) is 129. The molecule has 24 heteroatoms. The number of rotatable bonds is 25. The van der Waals surface area contributed by atoms with Gasteiger partial charge in [-0.15, -0.1) is 0 Å². The Morgan fingerprint density at radius 3 is 1.44 bits per heavy atom. The van der Waals surface area contributed by atoms with Crippen LogP contribution in [0.5, 0.6) is 0 Å². The van der Waals surface area contributed by atoms with Crippen LogP contribution in [0.1, 0.15) is 76.8 Å². The number of aliphatic carboxylic acids is 4. The van der Waals surface area contributed by atoms with Gasteiger partial charge in [0.2, 0.25) is 29.5 Å². The van der Waals surface area contributed by atoms with E-state index in [0.29, 0.717) is 12.1 Å². The lowest BCUT2D eigenvalue weighted by Crippen LogP contribution is -2.60. The second-order valence-electron chi connectivity index (χ2n) is 12.9. The van der Waals surface area contributed by atoms with Gasteiger partial charge in [0.1, 0.15) is 30.2 Å². The molecule has 1 aromatic carbocycles. The van der Waals surface area contributed by atoms with Gasteiger partial charge in [0.05, 0.1) is 0 Å². The first-order valence-electron chi connectivity index (χ1n) is 17.2. The lowest BCUT2D eigenvalue weighted by Gasteiger charge is -2.28. The summed E-state index contributed by atoms with van der Waals surface area (Å²) < 4.78 is 39.5. The SMILES string of the molecule is CC[C@H](C)[C@H](NC(=O)[C@H](CCC(=O)O)NC(=O)[C@H](CCC(=O)O)NC(=O)[C@H](Cc1ccc(C(F)(F)P(=O)(O)O)cc1)NC(C)=O)C(=O)N[C@@H](CCC(=O)O)C(=O)O. The molecule has 1 rings (SSSR count). The van der Waals surface area contributed by atoms with E-state index in [1.54, 1.807) is 6.92 Å². The summed E-state index contributed by atoms with van der Waals surface area (Å²) >= 11 is 0. The highest BCUT2D eigenvalue weighted by molar-refractivity contribution is 7.52. The molecule has 6 atom stereocenters. The molecule has 1 aromatic rings. The molecule has 11 N–H and O–H groups in total. The highest BCUT2D eigenvalue weighted by atomic mass is 31.2. The monoisotopic (exact) mass is 837 g/mol. The van der Waals surface area contributed by atoms with Crippen LogP contribution in [0.4, 0.5) is 8.78 Å². The van der Waals surface area contributed by atoms with E-state index in [9.17, 15) is 71.8 Å². The van der Waals surface area contributed by atoms with Gasteiger partial charge in [0.15, 0.2) is 0 Å². The zero-order valence-electron chi connectivity index (χ0n) is 30.9. The third-order valence-corrected chi connectivity index (χ3v) is 9.41. The first kappa shape index (κ1) is 49.5. The smallest absolute Gasteiger partial charge is 0.399 e. The van der Waals surface area contributed by atoms with Crippen molar-refractivity contribution in [2.75, 3.05) is 0 Å². The van der Waals surface area contributed by atoms with Crippen LogP contribution < -0.4 is 26.6 Å². The molecule has 0 radical (unpaired) electrons. The van der Waals surface area contributed by atoms with Gasteiger partial charge in [0, 0.05) is 38.2 Å². The van der Waals surface area contributed by atoms with Crippen LogP contribution in [0.15, 0.2) is 24.3 Å². The van der Waals surface area contributed by atoms with Crippen molar-refractivity contribution < 1.29 is 86.7 Å². The van der Waals surface area contributed by atoms with Crippen LogP contribution in [-0.4, -0.2) is 114 Å². The molecular weight excluding hydrogens is 791 g/mol. The van der Waals surface area contributed by atoms with Gasteiger partial charge < -0.3 is 56.8 Å². The first-order chi connectivity index (χ1) is 26.3. The van der Waals surface area contributed by atoms with E-state index in [0.717, 1.165) is 19.1 Å².